The third kappa shape index (κ3) is 3.43. The normalized spacial score (nSPS) is 12.7. The van der Waals surface area contributed by atoms with Crippen LogP contribution in [0.3, 0.4) is 0 Å². The summed E-state index contributed by atoms with van der Waals surface area (Å²) in [6.07, 6.45) is 0. The largest absolute Gasteiger partial charge is 0.294 e. The van der Waals surface area contributed by atoms with Gasteiger partial charge >= 0.3 is 0 Å². The van der Waals surface area contributed by atoms with Crippen molar-refractivity contribution in [3.63, 3.8) is 0 Å². The fraction of sp³-hybridized carbons (Fsp3) is 0.235. The van der Waals surface area contributed by atoms with Crippen molar-refractivity contribution in [1.82, 2.24) is 9.88 Å². The molecule has 0 bridgehead atoms. The van der Waals surface area contributed by atoms with Gasteiger partial charge in [-0.05, 0) is 43.1 Å². The van der Waals surface area contributed by atoms with E-state index in [2.05, 4.69) is 41.1 Å². The molecule has 2 nitrogen and oxygen atoms in total. The molecule has 114 valence electrons. The highest BCUT2D eigenvalue weighted by atomic mass is 32.1. The first-order chi connectivity index (χ1) is 10.6. The summed E-state index contributed by atoms with van der Waals surface area (Å²) in [5, 5.41) is 7.37. The van der Waals surface area contributed by atoms with Gasteiger partial charge < -0.3 is 0 Å². The number of halogens is 1. The highest BCUT2D eigenvalue weighted by Crippen LogP contribution is 2.27. The molecule has 22 heavy (non-hydrogen) atoms. The lowest BCUT2D eigenvalue weighted by atomic mass is 10.1. The standard InChI is InChI=1S/C17H17FN2S2/c1-12(13-3-5-15(18)6-4-13)20(2)9-16-11-22-17(19-16)14-7-8-21-10-14/h3-8,10-12H,9H2,1-2H3. The summed E-state index contributed by atoms with van der Waals surface area (Å²) in [5.41, 5.74) is 3.37. The molecule has 5 heteroatoms. The van der Waals surface area contributed by atoms with E-state index in [1.54, 1.807) is 22.7 Å². The molecule has 0 aliphatic rings. The number of rotatable bonds is 5. The Morgan fingerprint density at radius 1 is 1.18 bits per heavy atom. The van der Waals surface area contributed by atoms with Crippen LogP contribution in [0.1, 0.15) is 24.2 Å². The van der Waals surface area contributed by atoms with Gasteiger partial charge in [-0.3, -0.25) is 4.90 Å². The maximum absolute atomic E-state index is 13.0. The van der Waals surface area contributed by atoms with Crippen molar-refractivity contribution in [2.24, 2.45) is 0 Å². The number of hydrogen-bond acceptors (Lipinski definition) is 4. The molecule has 0 radical (unpaired) electrons. The molecule has 0 amide bonds. The van der Waals surface area contributed by atoms with Gasteiger partial charge in [0, 0.05) is 28.9 Å². The van der Waals surface area contributed by atoms with Crippen molar-refractivity contribution in [3.8, 4) is 10.6 Å². The second-order valence-electron chi connectivity index (χ2n) is 5.30. The van der Waals surface area contributed by atoms with E-state index in [1.165, 1.54) is 17.7 Å². The first kappa shape index (κ1) is 15.3. The molecular weight excluding hydrogens is 315 g/mol. The van der Waals surface area contributed by atoms with Gasteiger partial charge in [-0.2, -0.15) is 11.3 Å². The van der Waals surface area contributed by atoms with Crippen molar-refractivity contribution in [3.05, 3.63) is 63.5 Å². The Kier molecular flexibility index (Phi) is 4.66. The van der Waals surface area contributed by atoms with Crippen LogP contribution in [0.4, 0.5) is 4.39 Å². The van der Waals surface area contributed by atoms with Gasteiger partial charge in [0.15, 0.2) is 0 Å². The number of benzene rings is 1. The van der Waals surface area contributed by atoms with Crippen LogP contribution < -0.4 is 0 Å². The maximum atomic E-state index is 13.0. The zero-order valence-electron chi connectivity index (χ0n) is 12.5. The minimum Gasteiger partial charge on any atom is -0.294 e. The fourth-order valence-corrected chi connectivity index (χ4v) is 3.81. The van der Waals surface area contributed by atoms with Gasteiger partial charge in [0.1, 0.15) is 10.8 Å². The van der Waals surface area contributed by atoms with Crippen LogP contribution in [-0.2, 0) is 6.54 Å². The van der Waals surface area contributed by atoms with Gasteiger partial charge in [-0.15, -0.1) is 11.3 Å². The zero-order valence-corrected chi connectivity index (χ0v) is 14.1. The van der Waals surface area contributed by atoms with Crippen LogP contribution in [-0.4, -0.2) is 16.9 Å². The van der Waals surface area contributed by atoms with Crippen molar-refractivity contribution < 1.29 is 4.39 Å². The van der Waals surface area contributed by atoms with E-state index in [9.17, 15) is 4.39 Å². The Balaban J connectivity index is 1.68. The summed E-state index contributed by atoms with van der Waals surface area (Å²) in [6, 6.07) is 9.02. The predicted octanol–water partition coefficient (Wildman–Crippen LogP) is 5.20. The second kappa shape index (κ2) is 6.69. The summed E-state index contributed by atoms with van der Waals surface area (Å²) >= 11 is 3.36. The minimum atomic E-state index is -0.196. The maximum Gasteiger partial charge on any atom is 0.124 e. The van der Waals surface area contributed by atoms with E-state index in [4.69, 9.17) is 4.98 Å². The highest BCUT2D eigenvalue weighted by molar-refractivity contribution is 7.14. The Morgan fingerprint density at radius 2 is 1.95 bits per heavy atom. The molecular formula is C17H17FN2S2. The lowest BCUT2D eigenvalue weighted by Crippen LogP contribution is -2.22. The Labute approximate surface area is 137 Å². The van der Waals surface area contributed by atoms with Gasteiger partial charge in [-0.25, -0.2) is 9.37 Å². The molecule has 1 aromatic carbocycles. The van der Waals surface area contributed by atoms with Crippen molar-refractivity contribution in [1.29, 1.82) is 0 Å². The summed E-state index contributed by atoms with van der Waals surface area (Å²) < 4.78 is 13.0. The summed E-state index contributed by atoms with van der Waals surface area (Å²) in [6.45, 7) is 2.90. The average molecular weight is 332 g/mol. The number of thiazole rings is 1. The zero-order chi connectivity index (χ0) is 15.5. The molecule has 1 atom stereocenters. The van der Waals surface area contributed by atoms with Crippen molar-refractivity contribution in [2.45, 2.75) is 19.5 Å². The van der Waals surface area contributed by atoms with E-state index in [0.29, 0.717) is 0 Å². The van der Waals surface area contributed by atoms with Crippen LogP contribution in [0.25, 0.3) is 10.6 Å². The van der Waals surface area contributed by atoms with Gasteiger partial charge in [0.25, 0.3) is 0 Å². The Hall–Kier alpha value is -1.56. The predicted molar refractivity (Wildman–Crippen MR) is 91.7 cm³/mol. The number of hydrogen-bond donors (Lipinski definition) is 0. The second-order valence-corrected chi connectivity index (χ2v) is 6.94. The van der Waals surface area contributed by atoms with E-state index in [-0.39, 0.29) is 11.9 Å². The molecule has 0 fully saturated rings. The lowest BCUT2D eigenvalue weighted by Gasteiger charge is -2.24. The SMILES string of the molecule is CC(c1ccc(F)cc1)N(C)Cc1csc(-c2ccsc2)n1. The molecule has 0 saturated heterocycles. The highest BCUT2D eigenvalue weighted by Gasteiger charge is 2.14. The van der Waals surface area contributed by atoms with Crippen LogP contribution in [0, 0.1) is 5.82 Å². The first-order valence-corrected chi connectivity index (χ1v) is 8.88. The summed E-state index contributed by atoms with van der Waals surface area (Å²) in [4.78, 5) is 6.93. The Bertz CT molecular complexity index is 719. The van der Waals surface area contributed by atoms with Crippen LogP contribution in [0.2, 0.25) is 0 Å². The molecule has 0 N–H and O–H groups in total. The molecule has 0 aliphatic heterocycles. The van der Waals surface area contributed by atoms with E-state index >= 15 is 0 Å². The molecule has 0 aliphatic carbocycles. The smallest absolute Gasteiger partial charge is 0.124 e. The summed E-state index contributed by atoms with van der Waals surface area (Å²) in [7, 11) is 2.07. The third-order valence-corrected chi connectivity index (χ3v) is 5.37. The fourth-order valence-electron chi connectivity index (χ4n) is 2.29. The van der Waals surface area contributed by atoms with Crippen LogP contribution >= 0.6 is 22.7 Å². The molecule has 3 rings (SSSR count). The molecule has 2 aromatic heterocycles. The van der Waals surface area contributed by atoms with Crippen LogP contribution in [0.5, 0.6) is 0 Å². The van der Waals surface area contributed by atoms with Crippen molar-refractivity contribution >= 4 is 22.7 Å². The van der Waals surface area contributed by atoms with Gasteiger partial charge in [-0.1, -0.05) is 12.1 Å². The molecule has 3 aromatic rings. The number of aromatic nitrogens is 1. The molecule has 2 heterocycles. The Morgan fingerprint density at radius 3 is 2.64 bits per heavy atom. The first-order valence-electron chi connectivity index (χ1n) is 7.06. The monoisotopic (exact) mass is 332 g/mol. The van der Waals surface area contributed by atoms with Gasteiger partial charge in [0.2, 0.25) is 0 Å². The van der Waals surface area contributed by atoms with E-state index in [1.807, 2.05) is 12.1 Å². The summed E-state index contributed by atoms with van der Waals surface area (Å²) in [5.74, 6) is -0.196. The van der Waals surface area contributed by atoms with E-state index < -0.39 is 0 Å². The quantitative estimate of drug-likeness (QED) is 0.638. The lowest BCUT2D eigenvalue weighted by molar-refractivity contribution is 0.250. The molecule has 1 unspecified atom stereocenters. The number of thiophene rings is 1. The molecule has 0 spiro atoms. The minimum absolute atomic E-state index is 0.196. The topological polar surface area (TPSA) is 16.1 Å². The van der Waals surface area contributed by atoms with Crippen molar-refractivity contribution in [2.75, 3.05) is 7.05 Å². The molecule has 0 saturated carbocycles. The van der Waals surface area contributed by atoms with Crippen LogP contribution in [0.15, 0.2) is 46.5 Å². The third-order valence-electron chi connectivity index (χ3n) is 3.74. The number of nitrogens with zero attached hydrogens (tertiary/aromatic N) is 2. The van der Waals surface area contributed by atoms with E-state index in [0.717, 1.165) is 22.8 Å². The average Bonchev–Trinajstić information content (AvgIpc) is 3.18. The van der Waals surface area contributed by atoms with Gasteiger partial charge in [0.05, 0.1) is 5.69 Å².